The number of nitrogens with one attached hydrogen (secondary N) is 1. The van der Waals surface area contributed by atoms with E-state index in [0.29, 0.717) is 6.04 Å². The van der Waals surface area contributed by atoms with E-state index in [1.165, 1.54) is 5.69 Å². The number of fused-ring (bicyclic) bond motifs is 1. The summed E-state index contributed by atoms with van der Waals surface area (Å²) in [5.41, 5.74) is 2.27. The molecule has 1 atom stereocenters. The first-order valence-corrected chi connectivity index (χ1v) is 7.41. The van der Waals surface area contributed by atoms with Crippen molar-refractivity contribution in [1.29, 1.82) is 0 Å². The highest BCUT2D eigenvalue weighted by Gasteiger charge is 2.31. The Labute approximate surface area is 124 Å². The van der Waals surface area contributed by atoms with Gasteiger partial charge in [0, 0.05) is 36.3 Å². The van der Waals surface area contributed by atoms with Crippen molar-refractivity contribution in [2.24, 2.45) is 0 Å². The molecular weight excluding hydrogens is 270 g/mol. The van der Waals surface area contributed by atoms with Crippen LogP contribution in [-0.2, 0) is 0 Å². The van der Waals surface area contributed by atoms with Crippen molar-refractivity contribution < 1.29 is 0 Å². The van der Waals surface area contributed by atoms with Gasteiger partial charge in [-0.15, -0.1) is 0 Å². The van der Waals surface area contributed by atoms with Gasteiger partial charge in [0.1, 0.15) is 0 Å². The molecule has 1 saturated heterocycles. The Morgan fingerprint density at radius 1 is 1.35 bits per heavy atom. The van der Waals surface area contributed by atoms with Gasteiger partial charge in [0.05, 0.1) is 16.2 Å². The SMILES string of the molecule is CC1CNC(C)(C)CN1c1ccc(Cl)c2cccnc12. The lowest BCUT2D eigenvalue weighted by Gasteiger charge is -2.45. The molecule has 0 aliphatic carbocycles. The molecule has 20 heavy (non-hydrogen) atoms. The lowest BCUT2D eigenvalue weighted by Crippen LogP contribution is -2.61. The Balaban J connectivity index is 2.12. The van der Waals surface area contributed by atoms with Gasteiger partial charge in [0.25, 0.3) is 0 Å². The summed E-state index contributed by atoms with van der Waals surface area (Å²) in [5.74, 6) is 0. The number of piperazine rings is 1. The Morgan fingerprint density at radius 2 is 2.15 bits per heavy atom. The zero-order chi connectivity index (χ0) is 14.3. The van der Waals surface area contributed by atoms with Crippen LogP contribution in [0.5, 0.6) is 0 Å². The van der Waals surface area contributed by atoms with E-state index in [2.05, 4.69) is 42.0 Å². The second-order valence-corrected chi connectivity index (χ2v) is 6.61. The first kappa shape index (κ1) is 13.7. The quantitative estimate of drug-likeness (QED) is 0.871. The van der Waals surface area contributed by atoms with Crippen LogP contribution in [-0.4, -0.2) is 29.7 Å². The minimum atomic E-state index is 0.104. The van der Waals surface area contributed by atoms with Crippen LogP contribution in [0.2, 0.25) is 5.02 Å². The van der Waals surface area contributed by atoms with Crippen LogP contribution in [0.15, 0.2) is 30.5 Å². The molecule has 0 spiro atoms. The molecule has 3 rings (SSSR count). The van der Waals surface area contributed by atoms with Crippen LogP contribution < -0.4 is 10.2 Å². The number of aromatic nitrogens is 1. The number of anilines is 1. The summed E-state index contributed by atoms with van der Waals surface area (Å²) in [4.78, 5) is 6.99. The third-order valence-corrected chi connectivity index (χ3v) is 4.31. The first-order valence-electron chi connectivity index (χ1n) is 7.03. The third-order valence-electron chi connectivity index (χ3n) is 3.98. The van der Waals surface area contributed by atoms with Crippen LogP contribution in [0.3, 0.4) is 0 Å². The normalized spacial score (nSPS) is 22.2. The summed E-state index contributed by atoms with van der Waals surface area (Å²) in [7, 11) is 0. The second-order valence-electron chi connectivity index (χ2n) is 6.21. The van der Waals surface area contributed by atoms with Crippen molar-refractivity contribution >= 4 is 28.2 Å². The lowest BCUT2D eigenvalue weighted by atomic mass is 9.98. The van der Waals surface area contributed by atoms with E-state index in [-0.39, 0.29) is 5.54 Å². The van der Waals surface area contributed by atoms with Gasteiger partial charge in [-0.05, 0) is 45.0 Å². The molecule has 2 aromatic rings. The Bertz CT molecular complexity index is 639. The number of hydrogen-bond acceptors (Lipinski definition) is 3. The molecule has 1 fully saturated rings. The van der Waals surface area contributed by atoms with Crippen molar-refractivity contribution in [3.8, 4) is 0 Å². The first-order chi connectivity index (χ1) is 9.48. The molecule has 106 valence electrons. The van der Waals surface area contributed by atoms with E-state index >= 15 is 0 Å². The minimum Gasteiger partial charge on any atom is -0.364 e. The van der Waals surface area contributed by atoms with Crippen LogP contribution in [0.25, 0.3) is 10.9 Å². The Hall–Kier alpha value is -1.32. The largest absolute Gasteiger partial charge is 0.364 e. The van der Waals surface area contributed by atoms with Gasteiger partial charge in [-0.1, -0.05) is 11.6 Å². The summed E-state index contributed by atoms with van der Waals surface area (Å²) in [6.07, 6.45) is 1.83. The summed E-state index contributed by atoms with van der Waals surface area (Å²) in [5, 5.41) is 5.37. The van der Waals surface area contributed by atoms with E-state index in [1.807, 2.05) is 24.4 Å². The third kappa shape index (κ3) is 2.36. The standard InChI is InChI=1S/C16H20ClN3/c1-11-9-19-16(2,3)10-20(11)14-7-6-13(17)12-5-4-8-18-15(12)14/h4-8,11,19H,9-10H2,1-3H3. The molecule has 2 heterocycles. The van der Waals surface area contributed by atoms with Crippen molar-refractivity contribution in [2.75, 3.05) is 18.0 Å². The molecule has 4 heteroatoms. The number of hydrogen-bond donors (Lipinski definition) is 1. The van der Waals surface area contributed by atoms with Crippen LogP contribution in [0.4, 0.5) is 5.69 Å². The number of rotatable bonds is 1. The highest BCUT2D eigenvalue weighted by atomic mass is 35.5. The van der Waals surface area contributed by atoms with Gasteiger partial charge in [-0.2, -0.15) is 0 Å². The average molecular weight is 290 g/mol. The molecule has 0 amide bonds. The average Bonchev–Trinajstić information content (AvgIpc) is 2.43. The highest BCUT2D eigenvalue weighted by molar-refractivity contribution is 6.35. The van der Waals surface area contributed by atoms with Gasteiger partial charge >= 0.3 is 0 Å². The monoisotopic (exact) mass is 289 g/mol. The van der Waals surface area contributed by atoms with Gasteiger partial charge in [-0.25, -0.2) is 0 Å². The summed E-state index contributed by atoms with van der Waals surface area (Å²) in [6.45, 7) is 8.64. The van der Waals surface area contributed by atoms with Gasteiger partial charge < -0.3 is 10.2 Å². The molecule has 1 aromatic carbocycles. The van der Waals surface area contributed by atoms with Crippen molar-refractivity contribution in [2.45, 2.75) is 32.4 Å². The molecule has 0 bridgehead atoms. The molecular formula is C16H20ClN3. The van der Waals surface area contributed by atoms with E-state index in [4.69, 9.17) is 11.6 Å². The summed E-state index contributed by atoms with van der Waals surface area (Å²) < 4.78 is 0. The smallest absolute Gasteiger partial charge is 0.0950 e. The van der Waals surface area contributed by atoms with E-state index < -0.39 is 0 Å². The molecule has 0 radical (unpaired) electrons. The fourth-order valence-corrected chi connectivity index (χ4v) is 3.06. The highest BCUT2D eigenvalue weighted by Crippen LogP contribution is 2.33. The topological polar surface area (TPSA) is 28.2 Å². The lowest BCUT2D eigenvalue weighted by molar-refractivity contribution is 0.318. The van der Waals surface area contributed by atoms with E-state index in [9.17, 15) is 0 Å². The van der Waals surface area contributed by atoms with E-state index in [0.717, 1.165) is 29.0 Å². The Kier molecular flexibility index (Phi) is 3.35. The maximum Gasteiger partial charge on any atom is 0.0950 e. The summed E-state index contributed by atoms with van der Waals surface area (Å²) >= 11 is 6.29. The number of halogens is 1. The number of benzene rings is 1. The Morgan fingerprint density at radius 3 is 2.95 bits per heavy atom. The molecule has 1 aliphatic heterocycles. The van der Waals surface area contributed by atoms with Gasteiger partial charge in [0.2, 0.25) is 0 Å². The molecule has 0 saturated carbocycles. The molecule has 1 N–H and O–H groups in total. The molecule has 1 aliphatic rings. The fourth-order valence-electron chi connectivity index (χ4n) is 2.85. The van der Waals surface area contributed by atoms with Crippen LogP contribution in [0.1, 0.15) is 20.8 Å². The van der Waals surface area contributed by atoms with Crippen molar-refractivity contribution in [3.05, 3.63) is 35.5 Å². The second kappa shape index (κ2) is 4.90. The summed E-state index contributed by atoms with van der Waals surface area (Å²) in [6, 6.07) is 8.47. The van der Waals surface area contributed by atoms with Crippen molar-refractivity contribution in [3.63, 3.8) is 0 Å². The zero-order valence-electron chi connectivity index (χ0n) is 12.2. The maximum atomic E-state index is 6.29. The van der Waals surface area contributed by atoms with Crippen molar-refractivity contribution in [1.82, 2.24) is 10.3 Å². The predicted molar refractivity (Wildman–Crippen MR) is 85.6 cm³/mol. The van der Waals surface area contributed by atoms with Crippen LogP contribution in [0, 0.1) is 0 Å². The maximum absolute atomic E-state index is 6.29. The zero-order valence-corrected chi connectivity index (χ0v) is 12.9. The van der Waals surface area contributed by atoms with E-state index in [1.54, 1.807) is 0 Å². The predicted octanol–water partition coefficient (Wildman–Crippen LogP) is 3.46. The van der Waals surface area contributed by atoms with Gasteiger partial charge in [-0.3, -0.25) is 4.98 Å². The number of nitrogens with zero attached hydrogens (tertiary/aromatic N) is 2. The fraction of sp³-hybridized carbons (Fsp3) is 0.438. The van der Waals surface area contributed by atoms with Crippen LogP contribution >= 0.6 is 11.6 Å². The minimum absolute atomic E-state index is 0.104. The molecule has 1 aromatic heterocycles. The number of pyridine rings is 1. The molecule has 3 nitrogen and oxygen atoms in total. The molecule has 1 unspecified atom stereocenters. The van der Waals surface area contributed by atoms with Gasteiger partial charge in [0.15, 0.2) is 0 Å².